The molecule has 19 heteroatoms. The van der Waals surface area contributed by atoms with Crippen molar-refractivity contribution in [1.29, 1.82) is 0 Å². The average molecular weight is 1330 g/mol. The standard InChI is InChI=1S/C71H138O17P2/c1-9-64(8)50-42-34-29-30-36-44-52-69(74)82-58-67(88-71(76)54-46-38-28-22-20-25-33-41-49-63(6)7)60-86-90(79,80)84-56-65(72)55-83-89(77,78)85-59-66(57-81-68(73)51-43-35-26-21-19-24-32-40-48-62(4)5)87-70(75)53-45-37-27-18-16-14-12-10-11-13-15-17-23-31-39-47-61(2)3/h61-67,72H,9-60H2,1-8H3,(H,77,78)(H,79,80)/t64?,65-,66-,67-/m1/s1. The fourth-order valence-corrected chi connectivity index (χ4v) is 12.2. The van der Waals surface area contributed by atoms with Crippen molar-refractivity contribution in [3.63, 3.8) is 0 Å². The van der Waals surface area contributed by atoms with Gasteiger partial charge >= 0.3 is 39.5 Å². The molecule has 0 amide bonds. The van der Waals surface area contributed by atoms with Crippen LogP contribution < -0.4 is 0 Å². The van der Waals surface area contributed by atoms with Gasteiger partial charge in [-0.15, -0.1) is 0 Å². The molecule has 0 aliphatic rings. The predicted octanol–water partition coefficient (Wildman–Crippen LogP) is 20.1. The van der Waals surface area contributed by atoms with E-state index in [4.69, 9.17) is 37.0 Å². The highest BCUT2D eigenvalue weighted by Gasteiger charge is 2.30. The third-order valence-corrected chi connectivity index (χ3v) is 18.6. The minimum Gasteiger partial charge on any atom is -0.462 e. The van der Waals surface area contributed by atoms with Crippen LogP contribution >= 0.6 is 15.6 Å². The number of aliphatic hydroxyl groups excluding tert-OH is 1. The molecule has 0 aromatic rings. The number of phosphoric ester groups is 2. The molecule has 0 spiro atoms. The number of rotatable bonds is 68. The maximum absolute atomic E-state index is 13.0. The largest absolute Gasteiger partial charge is 0.472 e. The zero-order chi connectivity index (χ0) is 66.8. The van der Waals surface area contributed by atoms with Crippen LogP contribution in [0.15, 0.2) is 0 Å². The fraction of sp³-hybridized carbons (Fsp3) is 0.944. The summed E-state index contributed by atoms with van der Waals surface area (Å²) in [7, 11) is -9.90. The number of aliphatic hydroxyl groups is 1. The van der Waals surface area contributed by atoms with Crippen molar-refractivity contribution in [3.8, 4) is 0 Å². The summed E-state index contributed by atoms with van der Waals surface area (Å²) in [6.07, 6.45) is 43.2. The quantitative estimate of drug-likeness (QED) is 0.0222. The smallest absolute Gasteiger partial charge is 0.462 e. The molecule has 17 nitrogen and oxygen atoms in total. The lowest BCUT2D eigenvalue weighted by Crippen LogP contribution is -2.30. The topological polar surface area (TPSA) is 237 Å². The van der Waals surface area contributed by atoms with Crippen LogP contribution in [0.25, 0.3) is 0 Å². The van der Waals surface area contributed by atoms with Gasteiger partial charge in [0.25, 0.3) is 0 Å². The van der Waals surface area contributed by atoms with E-state index in [-0.39, 0.29) is 25.7 Å². The van der Waals surface area contributed by atoms with E-state index in [1.807, 2.05) is 0 Å². The van der Waals surface area contributed by atoms with Crippen LogP contribution in [-0.2, 0) is 65.4 Å². The van der Waals surface area contributed by atoms with Crippen molar-refractivity contribution in [2.45, 2.75) is 369 Å². The van der Waals surface area contributed by atoms with Gasteiger partial charge in [0.1, 0.15) is 19.3 Å². The summed E-state index contributed by atoms with van der Waals surface area (Å²) < 4.78 is 68.3. The summed E-state index contributed by atoms with van der Waals surface area (Å²) in [5.74, 6) is 0.847. The molecule has 0 aliphatic carbocycles. The minimum atomic E-state index is -4.95. The Morgan fingerprint density at radius 3 is 0.789 bits per heavy atom. The highest BCUT2D eigenvalue weighted by molar-refractivity contribution is 7.47. The van der Waals surface area contributed by atoms with Crippen LogP contribution in [0.3, 0.4) is 0 Å². The van der Waals surface area contributed by atoms with E-state index < -0.39 is 97.5 Å². The molecule has 0 rings (SSSR count). The van der Waals surface area contributed by atoms with Gasteiger partial charge in [0.15, 0.2) is 12.2 Å². The first-order valence-corrected chi connectivity index (χ1v) is 39.7. The van der Waals surface area contributed by atoms with E-state index in [1.54, 1.807) is 0 Å². The van der Waals surface area contributed by atoms with Crippen LogP contribution in [-0.4, -0.2) is 96.7 Å². The minimum absolute atomic E-state index is 0.103. The van der Waals surface area contributed by atoms with Crippen LogP contribution in [0.2, 0.25) is 0 Å². The number of carbonyl (C=O) groups is 4. The number of unbranched alkanes of at least 4 members (excludes halogenated alkanes) is 33. The van der Waals surface area contributed by atoms with Gasteiger partial charge in [-0.25, -0.2) is 9.13 Å². The summed E-state index contributed by atoms with van der Waals surface area (Å²) >= 11 is 0. The van der Waals surface area contributed by atoms with Crippen LogP contribution in [0.1, 0.15) is 351 Å². The Balaban J connectivity index is 5.23. The van der Waals surface area contributed by atoms with Crippen LogP contribution in [0.4, 0.5) is 0 Å². The van der Waals surface area contributed by atoms with Gasteiger partial charge in [-0.1, -0.05) is 299 Å². The van der Waals surface area contributed by atoms with Gasteiger partial charge < -0.3 is 33.8 Å². The first kappa shape index (κ1) is 88.1. The number of hydrogen-bond donors (Lipinski definition) is 3. The van der Waals surface area contributed by atoms with Crippen molar-refractivity contribution in [2.75, 3.05) is 39.6 Å². The Kier molecular flexibility index (Phi) is 59.4. The lowest BCUT2D eigenvalue weighted by Gasteiger charge is -2.21. The summed E-state index contributed by atoms with van der Waals surface area (Å²) in [6.45, 7) is 14.1. The number of hydrogen-bond acceptors (Lipinski definition) is 15. The molecule has 0 aliphatic heterocycles. The van der Waals surface area contributed by atoms with Gasteiger partial charge in [0.05, 0.1) is 26.4 Å². The second-order valence-electron chi connectivity index (χ2n) is 27.3. The Labute approximate surface area is 549 Å². The van der Waals surface area contributed by atoms with E-state index in [0.29, 0.717) is 25.7 Å². The van der Waals surface area contributed by atoms with Crippen molar-refractivity contribution in [1.82, 2.24) is 0 Å². The summed E-state index contributed by atoms with van der Waals surface area (Å²) in [4.78, 5) is 72.5. The third kappa shape index (κ3) is 63.5. The van der Waals surface area contributed by atoms with Gasteiger partial charge in [-0.05, 0) is 49.4 Å². The van der Waals surface area contributed by atoms with Crippen molar-refractivity contribution in [3.05, 3.63) is 0 Å². The molecule has 3 N–H and O–H groups in total. The molecule has 6 atom stereocenters. The molecule has 0 saturated carbocycles. The van der Waals surface area contributed by atoms with Crippen LogP contribution in [0.5, 0.6) is 0 Å². The highest BCUT2D eigenvalue weighted by Crippen LogP contribution is 2.45. The molecule has 534 valence electrons. The lowest BCUT2D eigenvalue weighted by atomic mass is 10.00. The Morgan fingerprint density at radius 2 is 0.533 bits per heavy atom. The Morgan fingerprint density at radius 1 is 0.311 bits per heavy atom. The number of phosphoric acid groups is 2. The van der Waals surface area contributed by atoms with E-state index in [1.165, 1.54) is 148 Å². The fourth-order valence-electron chi connectivity index (χ4n) is 10.6. The maximum atomic E-state index is 13.0. The molecule has 0 aromatic carbocycles. The molecule has 90 heavy (non-hydrogen) atoms. The number of esters is 4. The molecule has 0 saturated heterocycles. The second-order valence-corrected chi connectivity index (χ2v) is 30.2. The molecule has 0 heterocycles. The Hall–Kier alpha value is -1.94. The zero-order valence-electron chi connectivity index (χ0n) is 58.8. The molecular weight excluding hydrogens is 1190 g/mol. The molecule has 0 aromatic heterocycles. The summed E-state index contributed by atoms with van der Waals surface area (Å²) in [5, 5.41) is 10.6. The molecule has 0 fully saturated rings. The van der Waals surface area contributed by atoms with Gasteiger partial charge in [0, 0.05) is 25.7 Å². The van der Waals surface area contributed by atoms with Crippen LogP contribution in [0, 0.1) is 23.7 Å². The lowest BCUT2D eigenvalue weighted by molar-refractivity contribution is -0.161. The molecule has 0 radical (unpaired) electrons. The number of ether oxygens (including phenoxy) is 4. The predicted molar refractivity (Wildman–Crippen MR) is 363 cm³/mol. The van der Waals surface area contributed by atoms with Gasteiger partial charge in [-0.2, -0.15) is 0 Å². The third-order valence-electron chi connectivity index (χ3n) is 16.7. The van der Waals surface area contributed by atoms with Crippen molar-refractivity contribution in [2.24, 2.45) is 23.7 Å². The van der Waals surface area contributed by atoms with Gasteiger partial charge in [-0.3, -0.25) is 37.3 Å². The SMILES string of the molecule is CCC(C)CCCCCCCCC(=O)OC[C@H](COP(=O)(O)OC[C@H](O)COP(=O)(O)OC[C@@H](COC(=O)CCCCCCCCCCC(C)C)OC(=O)CCCCCCCCCCCCCCCCCC(C)C)OC(=O)CCCCCCCCCCC(C)C. The second kappa shape index (κ2) is 60.7. The zero-order valence-corrected chi connectivity index (χ0v) is 60.6. The number of carbonyl (C=O) groups excluding carboxylic acids is 4. The highest BCUT2D eigenvalue weighted by atomic mass is 31.2. The molecule has 0 bridgehead atoms. The summed E-state index contributed by atoms with van der Waals surface area (Å²) in [6, 6.07) is 0. The van der Waals surface area contributed by atoms with Crippen molar-refractivity contribution < 1.29 is 80.2 Å². The first-order chi connectivity index (χ1) is 43.1. The van der Waals surface area contributed by atoms with E-state index >= 15 is 0 Å². The maximum Gasteiger partial charge on any atom is 0.472 e. The van der Waals surface area contributed by atoms with E-state index in [9.17, 15) is 43.2 Å². The van der Waals surface area contributed by atoms with E-state index in [0.717, 1.165) is 120 Å². The average Bonchev–Trinajstić information content (AvgIpc) is 3.57. The monoisotopic (exact) mass is 1320 g/mol. The van der Waals surface area contributed by atoms with E-state index in [2.05, 4.69) is 55.4 Å². The van der Waals surface area contributed by atoms with Crippen molar-refractivity contribution >= 4 is 39.5 Å². The molecule has 3 unspecified atom stereocenters. The molecular formula is C71H138O17P2. The first-order valence-electron chi connectivity index (χ1n) is 36.7. The van der Waals surface area contributed by atoms with Gasteiger partial charge in [0.2, 0.25) is 0 Å². The summed E-state index contributed by atoms with van der Waals surface area (Å²) in [5.41, 5.74) is 0. The normalized spacial score (nSPS) is 14.6. The Bertz CT molecular complexity index is 1780.